The Balaban J connectivity index is 0.00000289. The number of hydrogen-bond acceptors (Lipinski definition) is 2. The number of allylic oxidation sites excluding steroid dienone is 4. The molecule has 8 bridgehead atoms. The summed E-state index contributed by atoms with van der Waals surface area (Å²) in [6, 6.07) is 10.7. The van der Waals surface area contributed by atoms with E-state index in [2.05, 4.69) is 78.8 Å². The summed E-state index contributed by atoms with van der Waals surface area (Å²) in [6.45, 7) is 15.2. The van der Waals surface area contributed by atoms with E-state index < -0.39 is 0 Å². The molecule has 5 heteroatoms. The Morgan fingerprint density at radius 3 is 1.71 bits per heavy atom. The smallest absolute Gasteiger partial charge is 0.658 e. The molecule has 182 valence electrons. The molecule has 0 amide bonds. The van der Waals surface area contributed by atoms with E-state index in [1.54, 1.807) is 0 Å². The Morgan fingerprint density at radius 2 is 1.14 bits per heavy atom. The first kappa shape index (κ1) is 25.2. The molecule has 35 heavy (non-hydrogen) atoms. The average molecular weight is 507 g/mol. The van der Waals surface area contributed by atoms with Crippen LogP contribution in [0.1, 0.15) is 86.9 Å². The maximum absolute atomic E-state index is 5.07. The van der Waals surface area contributed by atoms with E-state index in [0.717, 1.165) is 69.7 Å². The zero-order valence-corrected chi connectivity index (χ0v) is 22.6. The molecule has 3 aromatic heterocycles. The Labute approximate surface area is 218 Å². The minimum absolute atomic E-state index is 0. The van der Waals surface area contributed by atoms with Crippen LogP contribution in [-0.2, 0) is 22.9 Å². The van der Waals surface area contributed by atoms with Gasteiger partial charge in [0.2, 0.25) is 0 Å². The summed E-state index contributed by atoms with van der Waals surface area (Å²) in [6.07, 6.45) is 2.80. The van der Waals surface area contributed by atoms with E-state index >= 15 is 0 Å². The van der Waals surface area contributed by atoms with Crippen molar-refractivity contribution in [1.82, 2.24) is 19.9 Å². The van der Waals surface area contributed by atoms with Crippen molar-refractivity contribution in [1.29, 1.82) is 0 Å². The number of aryl methyl sites for hydroxylation is 3. The molecule has 0 aromatic carbocycles. The van der Waals surface area contributed by atoms with Crippen LogP contribution < -0.4 is 9.97 Å². The molecule has 0 atom stereocenters. The molecule has 4 nitrogen and oxygen atoms in total. The fraction of sp³-hybridized carbons (Fsp3) is 0.333. The topological polar surface area (TPSA) is 54.0 Å². The summed E-state index contributed by atoms with van der Waals surface area (Å²) in [5.74, 6) is 0. The molecule has 2 aliphatic rings. The molecule has 0 unspecified atom stereocenters. The van der Waals surface area contributed by atoms with Crippen LogP contribution in [0.3, 0.4) is 0 Å². The fourth-order valence-electron chi connectivity index (χ4n) is 5.31. The van der Waals surface area contributed by atoms with Gasteiger partial charge in [0.05, 0.1) is 22.8 Å². The first-order chi connectivity index (χ1) is 16.3. The van der Waals surface area contributed by atoms with Crippen LogP contribution in [0.2, 0.25) is 0 Å². The molecule has 0 saturated heterocycles. The Bertz CT molecular complexity index is 1550. The van der Waals surface area contributed by atoms with Crippen molar-refractivity contribution < 1.29 is 16.5 Å². The van der Waals surface area contributed by atoms with Crippen molar-refractivity contribution in [3.05, 3.63) is 69.8 Å². The maximum atomic E-state index is 5.07. The van der Waals surface area contributed by atoms with Gasteiger partial charge in [-0.2, -0.15) is 0 Å². The Kier molecular flexibility index (Phi) is 6.93. The number of hydrogen-bond donors (Lipinski definition) is 0. The van der Waals surface area contributed by atoms with Crippen LogP contribution in [0, 0.1) is 13.8 Å². The zero-order chi connectivity index (χ0) is 24.1. The van der Waals surface area contributed by atoms with Crippen molar-refractivity contribution in [3.63, 3.8) is 0 Å². The van der Waals surface area contributed by atoms with Crippen LogP contribution in [0.4, 0.5) is 0 Å². The molecule has 0 radical (unpaired) electrons. The van der Waals surface area contributed by atoms with E-state index in [1.165, 1.54) is 33.4 Å². The predicted octanol–water partition coefficient (Wildman–Crippen LogP) is 7.43. The van der Waals surface area contributed by atoms with Crippen molar-refractivity contribution in [2.45, 2.75) is 67.7 Å². The maximum Gasteiger partial charge on any atom is 2.00 e. The number of aromatic nitrogens is 4. The molecule has 0 spiro atoms. The van der Waals surface area contributed by atoms with Gasteiger partial charge in [-0.3, -0.25) is 0 Å². The normalized spacial score (nSPS) is 13.5. The summed E-state index contributed by atoms with van der Waals surface area (Å²) in [5.41, 5.74) is 16.6. The van der Waals surface area contributed by atoms with Gasteiger partial charge in [0.15, 0.2) is 0 Å². The zero-order valence-electron chi connectivity index (χ0n) is 21.6. The Hall–Kier alpha value is -2.91. The Morgan fingerprint density at radius 1 is 0.600 bits per heavy atom. The van der Waals surface area contributed by atoms with Gasteiger partial charge < -0.3 is 9.97 Å². The first-order valence-electron chi connectivity index (χ1n) is 12.4. The van der Waals surface area contributed by atoms with E-state index in [-0.39, 0.29) is 16.5 Å². The molecule has 2 aliphatic heterocycles. The molecule has 0 aliphatic carbocycles. The average Bonchev–Trinajstić information content (AvgIpc) is 3.48. The molecule has 0 fully saturated rings. The van der Waals surface area contributed by atoms with Crippen LogP contribution in [0.25, 0.3) is 44.4 Å². The second kappa shape index (κ2) is 9.62. The first-order valence-corrected chi connectivity index (χ1v) is 12.4. The number of fused-ring (bicyclic) bond motifs is 8. The van der Waals surface area contributed by atoms with Gasteiger partial charge in [-0.05, 0) is 69.2 Å². The van der Waals surface area contributed by atoms with E-state index in [4.69, 9.17) is 19.9 Å². The molecule has 5 heterocycles. The third-order valence-electron chi connectivity index (χ3n) is 7.34. The molecular weight excluding hydrogens is 475 g/mol. The second-order valence-electron chi connectivity index (χ2n) is 9.34. The van der Waals surface area contributed by atoms with Crippen molar-refractivity contribution in [2.24, 2.45) is 0 Å². The van der Waals surface area contributed by atoms with Crippen molar-refractivity contribution in [3.8, 4) is 0 Å². The van der Waals surface area contributed by atoms with Crippen LogP contribution in [0.15, 0.2) is 30.3 Å². The molecule has 0 saturated carbocycles. The van der Waals surface area contributed by atoms with Gasteiger partial charge in [-0.1, -0.05) is 67.8 Å². The van der Waals surface area contributed by atoms with Gasteiger partial charge in [-0.15, -0.1) is 22.1 Å². The minimum Gasteiger partial charge on any atom is -0.658 e. The fourth-order valence-corrected chi connectivity index (χ4v) is 5.31. The second-order valence-corrected chi connectivity index (χ2v) is 9.34. The molecule has 3 aromatic rings. The third kappa shape index (κ3) is 4.21. The van der Waals surface area contributed by atoms with Crippen molar-refractivity contribution >= 4 is 44.4 Å². The monoisotopic (exact) mass is 506 g/mol. The summed E-state index contributed by atoms with van der Waals surface area (Å²) in [4.78, 5) is 20.1. The van der Waals surface area contributed by atoms with Crippen molar-refractivity contribution in [2.75, 3.05) is 0 Å². The third-order valence-corrected chi connectivity index (χ3v) is 7.34. The predicted molar refractivity (Wildman–Crippen MR) is 143 cm³/mol. The summed E-state index contributed by atoms with van der Waals surface area (Å²) in [7, 11) is 0. The quantitative estimate of drug-likeness (QED) is 0.346. The van der Waals surface area contributed by atoms with Crippen LogP contribution >= 0.6 is 0 Å². The summed E-state index contributed by atoms with van der Waals surface area (Å²) >= 11 is 0. The van der Waals surface area contributed by atoms with Gasteiger partial charge in [-0.25, -0.2) is 9.97 Å². The van der Waals surface area contributed by atoms with Gasteiger partial charge in [0, 0.05) is 0 Å². The van der Waals surface area contributed by atoms with Gasteiger partial charge >= 0.3 is 16.5 Å². The summed E-state index contributed by atoms with van der Waals surface area (Å²) < 4.78 is 0. The molecular formula is C30H32N4Ni. The molecule has 5 rings (SSSR count). The van der Waals surface area contributed by atoms with E-state index in [1.807, 2.05) is 0 Å². The van der Waals surface area contributed by atoms with E-state index in [9.17, 15) is 0 Å². The van der Waals surface area contributed by atoms with Gasteiger partial charge in [0.1, 0.15) is 0 Å². The van der Waals surface area contributed by atoms with Gasteiger partial charge in [0.25, 0.3) is 0 Å². The minimum atomic E-state index is 0. The summed E-state index contributed by atoms with van der Waals surface area (Å²) in [5, 5.41) is 0. The SMILES string of the molecule is CCC1=C(C)c2cc3[n-]c(cc4nc(cc5[n-]c(cc1n2)cc5C)C(CC)=C4C)c(CC)c3C.[Ni+2]. The number of nitrogens with zero attached hydrogens (tertiary/aromatic N) is 4. The number of rotatable bonds is 3. The molecule has 0 N–H and O–H groups in total. The van der Waals surface area contributed by atoms with Crippen LogP contribution in [-0.4, -0.2) is 9.97 Å². The van der Waals surface area contributed by atoms with Crippen LogP contribution in [0.5, 0.6) is 0 Å². The van der Waals surface area contributed by atoms with E-state index in [0.29, 0.717) is 0 Å². The largest absolute Gasteiger partial charge is 2.00 e. The standard InChI is InChI=1S/C30H32N4.Ni/c1-8-21-17(5)25-14-26-18(6)23(10-3)30(33-26)15-27-19(7)22(9-2)29(34-27)13-24-16(4)11-20(31-24)12-28(21)32-25;/h11-15H,8-10H2,1-7H3;/q-2;+2.